The number of carbonyl (C=O) groups excluding carboxylic acids is 2. The second kappa shape index (κ2) is 8.19. The Bertz CT molecular complexity index is 1270. The molecule has 1 unspecified atom stereocenters. The van der Waals surface area contributed by atoms with E-state index in [2.05, 4.69) is 0 Å². The molecule has 0 radical (unpaired) electrons. The number of amides is 2. The summed E-state index contributed by atoms with van der Waals surface area (Å²) >= 11 is 1.34. The number of rotatable bonds is 4. The summed E-state index contributed by atoms with van der Waals surface area (Å²) in [5.74, 6) is -0.844. The van der Waals surface area contributed by atoms with Crippen LogP contribution >= 0.6 is 11.8 Å². The zero-order chi connectivity index (χ0) is 23.2. The third-order valence-corrected chi connectivity index (χ3v) is 7.40. The first-order valence-corrected chi connectivity index (χ1v) is 11.4. The molecule has 3 aromatic rings. The second-order valence-electron chi connectivity index (χ2n) is 7.83. The van der Waals surface area contributed by atoms with Crippen molar-refractivity contribution >= 4 is 29.3 Å². The predicted molar refractivity (Wildman–Crippen MR) is 122 cm³/mol. The Labute approximate surface area is 193 Å². The molecule has 2 aliphatic rings. The molecule has 0 saturated carbocycles. The van der Waals surface area contributed by atoms with Crippen molar-refractivity contribution in [2.75, 3.05) is 24.3 Å². The van der Waals surface area contributed by atoms with E-state index in [9.17, 15) is 18.4 Å². The molecule has 0 bridgehead atoms. The van der Waals surface area contributed by atoms with Crippen molar-refractivity contribution < 1.29 is 23.1 Å². The Balaban J connectivity index is 1.63. The van der Waals surface area contributed by atoms with E-state index in [1.807, 2.05) is 0 Å². The summed E-state index contributed by atoms with van der Waals surface area (Å²) in [5, 5.41) is 0. The summed E-state index contributed by atoms with van der Waals surface area (Å²) in [6, 6.07) is 17.1. The lowest BCUT2D eigenvalue weighted by Crippen LogP contribution is -2.50. The van der Waals surface area contributed by atoms with Gasteiger partial charge in [0.25, 0.3) is 11.8 Å². The van der Waals surface area contributed by atoms with Crippen LogP contribution in [0.1, 0.15) is 21.5 Å². The number of ether oxygens (including phenoxy) is 1. The molecule has 2 amide bonds. The van der Waals surface area contributed by atoms with Crippen LogP contribution in [-0.2, 0) is 16.2 Å². The van der Waals surface area contributed by atoms with Crippen molar-refractivity contribution in [1.29, 1.82) is 0 Å². The molecule has 1 atom stereocenters. The Morgan fingerprint density at radius 2 is 1.91 bits per heavy atom. The van der Waals surface area contributed by atoms with E-state index in [1.54, 1.807) is 41.3 Å². The Kier molecular flexibility index (Phi) is 5.32. The number of halogens is 2. The van der Waals surface area contributed by atoms with Crippen molar-refractivity contribution in [3.05, 3.63) is 95.1 Å². The van der Waals surface area contributed by atoms with E-state index >= 15 is 0 Å². The van der Waals surface area contributed by atoms with Gasteiger partial charge < -0.3 is 14.5 Å². The topological polar surface area (TPSA) is 49.9 Å². The van der Waals surface area contributed by atoms with Gasteiger partial charge in [0.15, 0.2) is 4.87 Å². The number of hydrogen-bond acceptors (Lipinski definition) is 4. The average Bonchev–Trinajstić information content (AvgIpc) is 3.36. The van der Waals surface area contributed by atoms with E-state index in [1.165, 1.54) is 54.1 Å². The molecule has 5 rings (SSSR count). The number of carbonyl (C=O) groups is 2. The van der Waals surface area contributed by atoms with Gasteiger partial charge in [0, 0.05) is 17.9 Å². The van der Waals surface area contributed by atoms with Crippen LogP contribution in [0.15, 0.2) is 66.7 Å². The van der Waals surface area contributed by atoms with Gasteiger partial charge in [0.2, 0.25) is 0 Å². The third-order valence-electron chi connectivity index (χ3n) is 5.98. The van der Waals surface area contributed by atoms with Crippen LogP contribution in [0.4, 0.5) is 14.5 Å². The van der Waals surface area contributed by atoms with Crippen LogP contribution in [0.5, 0.6) is 5.75 Å². The number of nitrogens with zero attached hydrogens (tertiary/aromatic N) is 2. The van der Waals surface area contributed by atoms with Crippen molar-refractivity contribution in [1.82, 2.24) is 4.90 Å². The number of methoxy groups -OCH3 is 1. The van der Waals surface area contributed by atoms with Crippen molar-refractivity contribution in [3.8, 4) is 5.75 Å². The van der Waals surface area contributed by atoms with E-state index in [4.69, 9.17) is 4.74 Å². The highest BCUT2D eigenvalue weighted by atomic mass is 32.2. The van der Waals surface area contributed by atoms with Gasteiger partial charge in [-0.1, -0.05) is 24.3 Å². The van der Waals surface area contributed by atoms with Crippen LogP contribution in [0, 0.1) is 11.6 Å². The lowest BCUT2D eigenvalue weighted by Gasteiger charge is -2.33. The maximum Gasteiger partial charge on any atom is 0.268 e. The average molecular weight is 467 g/mol. The molecular weight excluding hydrogens is 446 g/mol. The van der Waals surface area contributed by atoms with Crippen LogP contribution in [-0.4, -0.2) is 36.1 Å². The molecule has 2 aliphatic heterocycles. The lowest BCUT2D eigenvalue weighted by atomic mass is 10.0. The minimum Gasteiger partial charge on any atom is -0.497 e. The first kappa shape index (κ1) is 21.5. The Hall–Kier alpha value is -3.39. The van der Waals surface area contributed by atoms with Gasteiger partial charge in [0.05, 0.1) is 24.9 Å². The molecule has 2 heterocycles. The Morgan fingerprint density at radius 3 is 2.67 bits per heavy atom. The van der Waals surface area contributed by atoms with Crippen LogP contribution in [0.2, 0.25) is 0 Å². The molecule has 0 N–H and O–H groups in total. The largest absolute Gasteiger partial charge is 0.497 e. The normalized spacial score (nSPS) is 19.3. The molecule has 8 heteroatoms. The fraction of sp³-hybridized carbons (Fsp3) is 0.200. The first-order valence-electron chi connectivity index (χ1n) is 10.4. The van der Waals surface area contributed by atoms with Crippen LogP contribution in [0.25, 0.3) is 0 Å². The van der Waals surface area contributed by atoms with Gasteiger partial charge in [-0.2, -0.15) is 0 Å². The molecule has 3 aromatic carbocycles. The number of anilines is 1. The zero-order valence-corrected chi connectivity index (χ0v) is 18.6. The fourth-order valence-corrected chi connectivity index (χ4v) is 5.93. The fourth-order valence-electron chi connectivity index (χ4n) is 4.48. The minimum absolute atomic E-state index is 0.0831. The standard InChI is InChI=1S/C25H20F2N2O3S/c1-32-18-9-10-22-20(14-18)25(24(31)28(22)15-16-5-4-6-17(26)13-16)29(11-12-33-25)23(30)19-7-2-3-8-21(19)27/h2-10,13-14H,11-12,15H2,1H3. The van der Waals surface area contributed by atoms with E-state index in [0.717, 1.165) is 0 Å². The van der Waals surface area contributed by atoms with Gasteiger partial charge in [-0.15, -0.1) is 11.8 Å². The van der Waals surface area contributed by atoms with Gasteiger partial charge in [-0.05, 0) is 48.0 Å². The highest BCUT2D eigenvalue weighted by molar-refractivity contribution is 8.01. The highest BCUT2D eigenvalue weighted by Crippen LogP contribution is 2.55. The minimum atomic E-state index is -1.35. The highest BCUT2D eigenvalue weighted by Gasteiger charge is 2.59. The maximum absolute atomic E-state index is 14.5. The summed E-state index contributed by atoms with van der Waals surface area (Å²) < 4.78 is 33.7. The second-order valence-corrected chi connectivity index (χ2v) is 9.12. The van der Waals surface area contributed by atoms with E-state index in [-0.39, 0.29) is 24.6 Å². The summed E-state index contributed by atoms with van der Waals surface area (Å²) in [4.78, 5) is 29.1. The predicted octanol–water partition coefficient (Wildman–Crippen LogP) is 4.56. The van der Waals surface area contributed by atoms with Crippen molar-refractivity contribution in [2.24, 2.45) is 0 Å². The molecule has 5 nitrogen and oxygen atoms in total. The summed E-state index contributed by atoms with van der Waals surface area (Å²) in [6.07, 6.45) is 0. The van der Waals surface area contributed by atoms with Gasteiger partial charge in [0.1, 0.15) is 17.4 Å². The first-order chi connectivity index (χ1) is 16.0. The molecule has 33 heavy (non-hydrogen) atoms. The zero-order valence-electron chi connectivity index (χ0n) is 17.8. The number of fused-ring (bicyclic) bond motifs is 2. The maximum atomic E-state index is 14.5. The molecule has 0 aromatic heterocycles. The molecule has 0 aliphatic carbocycles. The van der Waals surface area contributed by atoms with Gasteiger partial charge in [-0.3, -0.25) is 9.59 Å². The molecule has 1 fully saturated rings. The molecule has 1 spiro atoms. The summed E-state index contributed by atoms with van der Waals surface area (Å²) in [6.45, 7) is 0.425. The Morgan fingerprint density at radius 1 is 1.09 bits per heavy atom. The summed E-state index contributed by atoms with van der Waals surface area (Å²) in [7, 11) is 1.53. The van der Waals surface area contributed by atoms with Crippen molar-refractivity contribution in [3.63, 3.8) is 0 Å². The van der Waals surface area contributed by atoms with Crippen molar-refractivity contribution in [2.45, 2.75) is 11.4 Å². The third kappa shape index (κ3) is 3.36. The van der Waals surface area contributed by atoms with Crippen LogP contribution < -0.4 is 9.64 Å². The van der Waals surface area contributed by atoms with E-state index < -0.39 is 22.4 Å². The molecular formula is C25H20F2N2O3S. The molecule has 168 valence electrons. The number of hydrogen-bond donors (Lipinski definition) is 0. The monoisotopic (exact) mass is 466 g/mol. The SMILES string of the molecule is COc1ccc2c(c1)C1(SCCN1C(=O)c1ccccc1F)C(=O)N2Cc1cccc(F)c1. The lowest BCUT2D eigenvalue weighted by molar-refractivity contribution is -0.123. The quantitative estimate of drug-likeness (QED) is 0.566. The smallest absolute Gasteiger partial charge is 0.268 e. The van der Waals surface area contributed by atoms with Gasteiger partial charge >= 0.3 is 0 Å². The van der Waals surface area contributed by atoms with E-state index in [0.29, 0.717) is 28.3 Å². The molecule has 1 saturated heterocycles. The van der Waals surface area contributed by atoms with Gasteiger partial charge in [-0.25, -0.2) is 8.78 Å². The number of benzene rings is 3. The summed E-state index contributed by atoms with van der Waals surface area (Å²) in [5.41, 5.74) is 1.76. The van der Waals surface area contributed by atoms with Crippen LogP contribution in [0.3, 0.4) is 0 Å². The number of thioether (sulfide) groups is 1.